The van der Waals surface area contributed by atoms with Gasteiger partial charge in [-0.15, -0.1) is 0 Å². The second-order valence-electron chi connectivity index (χ2n) is 7.21. The van der Waals surface area contributed by atoms with Gasteiger partial charge in [-0.25, -0.2) is 0 Å². The molecular formula is C20H28ClN5OS. The third kappa shape index (κ3) is 6.80. The van der Waals surface area contributed by atoms with Crippen LogP contribution in [0.2, 0.25) is 5.02 Å². The van der Waals surface area contributed by atoms with E-state index in [0.29, 0.717) is 17.6 Å². The summed E-state index contributed by atoms with van der Waals surface area (Å²) in [6, 6.07) is 7.68. The van der Waals surface area contributed by atoms with Crippen molar-refractivity contribution in [3.63, 3.8) is 0 Å². The molecule has 1 amide bonds. The summed E-state index contributed by atoms with van der Waals surface area (Å²) >= 11 is 11.1. The van der Waals surface area contributed by atoms with Crippen molar-refractivity contribution in [2.24, 2.45) is 5.92 Å². The standard InChI is InChI=1S/C20H28ClN5OS/c1-13(2)12-26-15(4)18(14(3)25-26)11-19(27)23-24-20(28)22-10-9-16-5-7-17(21)8-6-16/h5-8,13H,9-12H2,1-4H3,(H,23,27)(H2,22,24,28). The fraction of sp³-hybridized carbons (Fsp3) is 0.450. The highest BCUT2D eigenvalue weighted by Gasteiger charge is 2.15. The summed E-state index contributed by atoms with van der Waals surface area (Å²) in [6.07, 6.45) is 1.07. The third-order valence-electron chi connectivity index (χ3n) is 4.33. The average Bonchev–Trinajstić information content (AvgIpc) is 2.88. The van der Waals surface area contributed by atoms with Gasteiger partial charge in [0.25, 0.3) is 0 Å². The first-order valence-corrected chi connectivity index (χ1v) is 10.1. The van der Waals surface area contributed by atoms with Crippen molar-refractivity contribution in [2.45, 2.75) is 47.1 Å². The van der Waals surface area contributed by atoms with Crippen molar-refractivity contribution in [1.82, 2.24) is 25.9 Å². The lowest BCUT2D eigenvalue weighted by molar-refractivity contribution is -0.121. The van der Waals surface area contributed by atoms with Crippen molar-refractivity contribution in [1.29, 1.82) is 0 Å². The Bertz CT molecular complexity index is 817. The molecule has 0 aliphatic rings. The number of rotatable bonds is 7. The molecule has 6 nitrogen and oxygen atoms in total. The van der Waals surface area contributed by atoms with Crippen LogP contribution < -0.4 is 16.2 Å². The van der Waals surface area contributed by atoms with E-state index >= 15 is 0 Å². The molecule has 0 aliphatic carbocycles. The zero-order chi connectivity index (χ0) is 20.7. The maximum atomic E-state index is 12.3. The van der Waals surface area contributed by atoms with Crippen molar-refractivity contribution in [3.05, 3.63) is 51.8 Å². The highest BCUT2D eigenvalue weighted by atomic mass is 35.5. The van der Waals surface area contributed by atoms with Crippen LogP contribution in [0, 0.1) is 19.8 Å². The Labute approximate surface area is 177 Å². The van der Waals surface area contributed by atoms with Crippen LogP contribution in [0.1, 0.15) is 36.4 Å². The molecule has 8 heteroatoms. The lowest BCUT2D eigenvalue weighted by Crippen LogP contribution is -2.47. The molecule has 2 rings (SSSR count). The number of nitrogens with one attached hydrogen (secondary N) is 3. The normalized spacial score (nSPS) is 10.8. The highest BCUT2D eigenvalue weighted by Crippen LogP contribution is 2.15. The Balaban J connectivity index is 1.75. The zero-order valence-corrected chi connectivity index (χ0v) is 18.4. The van der Waals surface area contributed by atoms with E-state index in [1.165, 1.54) is 0 Å². The van der Waals surface area contributed by atoms with Gasteiger partial charge in [-0.1, -0.05) is 37.6 Å². The van der Waals surface area contributed by atoms with Crippen LogP contribution in [0.15, 0.2) is 24.3 Å². The summed E-state index contributed by atoms with van der Waals surface area (Å²) in [5, 5.41) is 8.71. The summed E-state index contributed by atoms with van der Waals surface area (Å²) < 4.78 is 1.97. The lowest BCUT2D eigenvalue weighted by atomic mass is 10.1. The van der Waals surface area contributed by atoms with Crippen LogP contribution in [0.4, 0.5) is 0 Å². The Kier molecular flexibility index (Phi) is 8.26. The van der Waals surface area contributed by atoms with Gasteiger partial charge in [-0.05, 0) is 56.1 Å². The van der Waals surface area contributed by atoms with Crippen LogP contribution in [-0.4, -0.2) is 27.3 Å². The quantitative estimate of drug-likeness (QED) is 0.473. The van der Waals surface area contributed by atoms with Crippen LogP contribution in [0.25, 0.3) is 0 Å². The smallest absolute Gasteiger partial charge is 0.242 e. The molecule has 1 aromatic carbocycles. The van der Waals surface area contributed by atoms with Crippen LogP contribution in [0.3, 0.4) is 0 Å². The number of hydrogen-bond donors (Lipinski definition) is 3. The molecule has 0 radical (unpaired) electrons. The van der Waals surface area contributed by atoms with Crippen molar-refractivity contribution < 1.29 is 4.79 Å². The number of nitrogens with zero attached hydrogens (tertiary/aromatic N) is 2. The van der Waals surface area contributed by atoms with Gasteiger partial charge >= 0.3 is 0 Å². The molecule has 0 saturated carbocycles. The monoisotopic (exact) mass is 421 g/mol. The van der Waals surface area contributed by atoms with Gasteiger partial charge in [0.2, 0.25) is 5.91 Å². The number of benzene rings is 1. The van der Waals surface area contributed by atoms with Crippen molar-refractivity contribution in [3.8, 4) is 0 Å². The number of aryl methyl sites for hydroxylation is 1. The first kappa shape index (κ1) is 22.2. The second-order valence-corrected chi connectivity index (χ2v) is 8.05. The van der Waals surface area contributed by atoms with Crippen molar-refractivity contribution in [2.75, 3.05) is 6.54 Å². The predicted octanol–water partition coefficient (Wildman–Crippen LogP) is 3.09. The number of hydrazine groups is 1. The van der Waals surface area contributed by atoms with Crippen molar-refractivity contribution >= 4 is 34.8 Å². The molecule has 0 spiro atoms. The largest absolute Gasteiger partial charge is 0.361 e. The van der Waals surface area contributed by atoms with Gasteiger partial charge in [-0.2, -0.15) is 5.10 Å². The molecule has 1 heterocycles. The Hall–Kier alpha value is -2.12. The number of carbonyl (C=O) groups is 1. The number of thiocarbonyl (C=S) groups is 1. The van der Waals surface area contributed by atoms with E-state index in [4.69, 9.17) is 23.8 Å². The Morgan fingerprint density at radius 1 is 1.21 bits per heavy atom. The number of carbonyl (C=O) groups excluding carboxylic acids is 1. The zero-order valence-electron chi connectivity index (χ0n) is 16.8. The minimum absolute atomic E-state index is 0.155. The van der Waals surface area contributed by atoms with Gasteiger partial charge in [0, 0.05) is 29.4 Å². The predicted molar refractivity (Wildman–Crippen MR) is 117 cm³/mol. The molecule has 0 fully saturated rings. The molecule has 152 valence electrons. The molecule has 28 heavy (non-hydrogen) atoms. The summed E-state index contributed by atoms with van der Waals surface area (Å²) in [5.41, 5.74) is 9.43. The van der Waals surface area contributed by atoms with Gasteiger partial charge in [0.1, 0.15) is 0 Å². The number of halogens is 1. The van der Waals surface area contributed by atoms with E-state index in [0.717, 1.165) is 40.5 Å². The van der Waals surface area contributed by atoms with Crippen LogP contribution >= 0.6 is 23.8 Å². The van der Waals surface area contributed by atoms with Gasteiger partial charge in [-0.3, -0.25) is 20.3 Å². The molecule has 3 N–H and O–H groups in total. The lowest BCUT2D eigenvalue weighted by Gasteiger charge is -2.12. The van der Waals surface area contributed by atoms with Crippen LogP contribution in [-0.2, 0) is 24.2 Å². The van der Waals surface area contributed by atoms with E-state index in [1.54, 1.807) is 0 Å². The number of hydrogen-bond acceptors (Lipinski definition) is 3. The van der Waals surface area contributed by atoms with E-state index in [2.05, 4.69) is 35.1 Å². The van der Waals surface area contributed by atoms with Gasteiger partial charge < -0.3 is 5.32 Å². The SMILES string of the molecule is Cc1nn(CC(C)C)c(C)c1CC(=O)NNC(=S)NCCc1ccc(Cl)cc1. The first-order valence-electron chi connectivity index (χ1n) is 9.36. The van der Waals surface area contributed by atoms with E-state index in [9.17, 15) is 4.79 Å². The summed E-state index contributed by atoms with van der Waals surface area (Å²) in [5.74, 6) is 0.342. The maximum Gasteiger partial charge on any atom is 0.242 e. The van der Waals surface area contributed by atoms with Crippen LogP contribution in [0.5, 0.6) is 0 Å². The maximum absolute atomic E-state index is 12.3. The summed E-state index contributed by atoms with van der Waals surface area (Å²) in [6.45, 7) is 9.73. The van der Waals surface area contributed by atoms with Gasteiger partial charge in [0.15, 0.2) is 5.11 Å². The fourth-order valence-corrected chi connectivity index (χ4v) is 3.14. The molecule has 1 aromatic heterocycles. The second kappa shape index (κ2) is 10.4. The Morgan fingerprint density at radius 2 is 1.89 bits per heavy atom. The Morgan fingerprint density at radius 3 is 2.54 bits per heavy atom. The molecule has 2 aromatic rings. The molecule has 0 atom stereocenters. The molecule has 0 saturated heterocycles. The minimum Gasteiger partial charge on any atom is -0.361 e. The molecular weight excluding hydrogens is 394 g/mol. The topological polar surface area (TPSA) is 71.0 Å². The fourth-order valence-electron chi connectivity index (χ4n) is 2.86. The average molecular weight is 422 g/mol. The molecule has 0 bridgehead atoms. The van der Waals surface area contributed by atoms with E-state index < -0.39 is 0 Å². The summed E-state index contributed by atoms with van der Waals surface area (Å²) in [7, 11) is 0. The van der Waals surface area contributed by atoms with Gasteiger partial charge in [0.05, 0.1) is 12.1 Å². The number of aromatic nitrogens is 2. The first-order chi connectivity index (χ1) is 13.3. The highest BCUT2D eigenvalue weighted by molar-refractivity contribution is 7.80. The van der Waals surface area contributed by atoms with E-state index in [1.807, 2.05) is 42.8 Å². The molecule has 0 unspecified atom stereocenters. The number of amides is 1. The minimum atomic E-state index is -0.155. The molecule has 0 aliphatic heterocycles. The third-order valence-corrected chi connectivity index (χ3v) is 4.83. The van der Waals surface area contributed by atoms with E-state index in [-0.39, 0.29) is 12.3 Å². The summed E-state index contributed by atoms with van der Waals surface area (Å²) in [4.78, 5) is 12.3.